The second-order valence-corrected chi connectivity index (χ2v) is 3.13. The van der Waals surface area contributed by atoms with Crippen molar-refractivity contribution in [2.45, 2.75) is 25.3 Å². The van der Waals surface area contributed by atoms with Gasteiger partial charge in [0.1, 0.15) is 0 Å². The standard InChI is InChI=1S/C7H12N2O/c10-7-8-4-3-6(9-7)5-1-2-5/h5-6H,1-4H2,(H2,8,9,10). The van der Waals surface area contributed by atoms with E-state index in [0.29, 0.717) is 6.04 Å². The summed E-state index contributed by atoms with van der Waals surface area (Å²) < 4.78 is 0. The Kier molecular flexibility index (Phi) is 1.29. The van der Waals surface area contributed by atoms with Gasteiger partial charge < -0.3 is 10.6 Å². The lowest BCUT2D eigenvalue weighted by Crippen LogP contribution is -2.50. The first-order valence-corrected chi connectivity index (χ1v) is 3.90. The molecule has 1 saturated carbocycles. The molecule has 10 heavy (non-hydrogen) atoms. The topological polar surface area (TPSA) is 41.1 Å². The quantitative estimate of drug-likeness (QED) is 0.546. The Morgan fingerprint density at radius 2 is 2.10 bits per heavy atom. The van der Waals surface area contributed by atoms with E-state index in [9.17, 15) is 4.79 Å². The molecule has 0 aromatic heterocycles. The number of urea groups is 1. The SMILES string of the molecule is O=C1NCCC(C2CC2)N1. The Bertz CT molecular complexity index is 154. The first kappa shape index (κ1) is 6.01. The Morgan fingerprint density at radius 3 is 2.70 bits per heavy atom. The van der Waals surface area contributed by atoms with Gasteiger partial charge in [-0.2, -0.15) is 0 Å². The van der Waals surface area contributed by atoms with Crippen LogP contribution in [0.1, 0.15) is 19.3 Å². The van der Waals surface area contributed by atoms with E-state index in [2.05, 4.69) is 10.6 Å². The van der Waals surface area contributed by atoms with Gasteiger partial charge in [0.15, 0.2) is 0 Å². The fourth-order valence-corrected chi connectivity index (χ4v) is 1.48. The summed E-state index contributed by atoms with van der Waals surface area (Å²) in [5.41, 5.74) is 0. The highest BCUT2D eigenvalue weighted by Crippen LogP contribution is 2.34. The molecule has 2 amide bonds. The third-order valence-electron chi connectivity index (χ3n) is 2.25. The van der Waals surface area contributed by atoms with Crippen LogP contribution in [0.5, 0.6) is 0 Å². The van der Waals surface area contributed by atoms with Crippen LogP contribution in [0.25, 0.3) is 0 Å². The molecule has 0 aromatic carbocycles. The molecule has 2 aliphatic rings. The summed E-state index contributed by atoms with van der Waals surface area (Å²) in [6, 6.07) is 0.497. The number of amides is 2. The van der Waals surface area contributed by atoms with Crippen LogP contribution in [0, 0.1) is 5.92 Å². The number of nitrogens with one attached hydrogen (secondary N) is 2. The minimum Gasteiger partial charge on any atom is -0.338 e. The zero-order chi connectivity index (χ0) is 6.97. The van der Waals surface area contributed by atoms with Crippen molar-refractivity contribution in [3.63, 3.8) is 0 Å². The molecule has 1 unspecified atom stereocenters. The smallest absolute Gasteiger partial charge is 0.315 e. The molecule has 2 N–H and O–H groups in total. The molecule has 3 heteroatoms. The van der Waals surface area contributed by atoms with Gasteiger partial charge in [0, 0.05) is 12.6 Å². The Morgan fingerprint density at radius 1 is 1.30 bits per heavy atom. The molecule has 0 radical (unpaired) electrons. The van der Waals surface area contributed by atoms with Crippen LogP contribution in [-0.2, 0) is 0 Å². The van der Waals surface area contributed by atoms with E-state index >= 15 is 0 Å². The third-order valence-corrected chi connectivity index (χ3v) is 2.25. The fourth-order valence-electron chi connectivity index (χ4n) is 1.48. The number of rotatable bonds is 1. The minimum absolute atomic E-state index is 0.0168. The molecule has 2 fully saturated rings. The van der Waals surface area contributed by atoms with Crippen molar-refractivity contribution in [1.29, 1.82) is 0 Å². The van der Waals surface area contributed by atoms with Gasteiger partial charge in [-0.05, 0) is 25.2 Å². The van der Waals surface area contributed by atoms with Crippen molar-refractivity contribution in [3.05, 3.63) is 0 Å². The first-order valence-electron chi connectivity index (χ1n) is 3.90. The maximum atomic E-state index is 10.8. The zero-order valence-electron chi connectivity index (χ0n) is 5.89. The monoisotopic (exact) mass is 140 g/mol. The predicted octanol–water partition coefficient (Wildman–Crippen LogP) is 0.468. The molecule has 1 saturated heterocycles. The van der Waals surface area contributed by atoms with E-state index in [1.807, 2.05) is 0 Å². The number of carbonyl (C=O) groups is 1. The molecular formula is C7H12N2O. The van der Waals surface area contributed by atoms with Gasteiger partial charge in [-0.1, -0.05) is 0 Å². The highest BCUT2D eigenvalue weighted by Gasteiger charge is 2.33. The number of hydrogen-bond donors (Lipinski definition) is 2. The van der Waals surface area contributed by atoms with Crippen LogP contribution in [0.15, 0.2) is 0 Å². The highest BCUT2D eigenvalue weighted by atomic mass is 16.2. The number of hydrogen-bond acceptors (Lipinski definition) is 1. The van der Waals surface area contributed by atoms with Gasteiger partial charge >= 0.3 is 6.03 Å². The molecule has 0 spiro atoms. The van der Waals surface area contributed by atoms with E-state index in [0.717, 1.165) is 18.9 Å². The van der Waals surface area contributed by atoms with Crippen LogP contribution in [0.2, 0.25) is 0 Å². The highest BCUT2D eigenvalue weighted by molar-refractivity contribution is 5.75. The van der Waals surface area contributed by atoms with Gasteiger partial charge in [0.25, 0.3) is 0 Å². The van der Waals surface area contributed by atoms with Crippen molar-refractivity contribution in [2.75, 3.05) is 6.54 Å². The molecule has 3 nitrogen and oxygen atoms in total. The number of carbonyl (C=O) groups excluding carboxylic acids is 1. The lowest BCUT2D eigenvalue weighted by Gasteiger charge is -2.23. The summed E-state index contributed by atoms with van der Waals surface area (Å²) in [4.78, 5) is 10.8. The Balaban J connectivity index is 1.89. The predicted molar refractivity (Wildman–Crippen MR) is 37.7 cm³/mol. The van der Waals surface area contributed by atoms with E-state index in [1.165, 1.54) is 12.8 Å². The summed E-state index contributed by atoms with van der Waals surface area (Å²) in [7, 11) is 0. The lowest BCUT2D eigenvalue weighted by atomic mass is 10.1. The summed E-state index contributed by atoms with van der Waals surface area (Å²) in [6.45, 7) is 0.854. The van der Waals surface area contributed by atoms with E-state index in [-0.39, 0.29) is 6.03 Å². The largest absolute Gasteiger partial charge is 0.338 e. The molecule has 0 bridgehead atoms. The van der Waals surface area contributed by atoms with Crippen molar-refractivity contribution in [3.8, 4) is 0 Å². The fraction of sp³-hybridized carbons (Fsp3) is 0.857. The molecule has 0 aromatic rings. The molecule has 1 atom stereocenters. The zero-order valence-corrected chi connectivity index (χ0v) is 5.89. The maximum Gasteiger partial charge on any atom is 0.315 e. The molecule has 1 aliphatic heterocycles. The summed E-state index contributed by atoms with van der Waals surface area (Å²) in [6.07, 6.45) is 3.73. The van der Waals surface area contributed by atoms with Crippen LogP contribution in [0.3, 0.4) is 0 Å². The van der Waals surface area contributed by atoms with Crippen LogP contribution < -0.4 is 10.6 Å². The second-order valence-electron chi connectivity index (χ2n) is 3.13. The van der Waals surface area contributed by atoms with Gasteiger partial charge in [-0.15, -0.1) is 0 Å². The van der Waals surface area contributed by atoms with Crippen molar-refractivity contribution in [1.82, 2.24) is 10.6 Å². The third kappa shape index (κ3) is 1.08. The van der Waals surface area contributed by atoms with Crippen LogP contribution in [0.4, 0.5) is 4.79 Å². The molecular weight excluding hydrogens is 128 g/mol. The van der Waals surface area contributed by atoms with Crippen molar-refractivity contribution >= 4 is 6.03 Å². The summed E-state index contributed by atoms with van der Waals surface area (Å²) in [5.74, 6) is 0.797. The molecule has 2 rings (SSSR count). The second kappa shape index (κ2) is 2.15. The van der Waals surface area contributed by atoms with Crippen molar-refractivity contribution < 1.29 is 4.79 Å². The van der Waals surface area contributed by atoms with E-state index in [4.69, 9.17) is 0 Å². The Hall–Kier alpha value is -0.730. The van der Waals surface area contributed by atoms with Gasteiger partial charge in [-0.3, -0.25) is 0 Å². The van der Waals surface area contributed by atoms with Crippen LogP contribution >= 0.6 is 0 Å². The first-order chi connectivity index (χ1) is 4.86. The van der Waals surface area contributed by atoms with E-state index < -0.39 is 0 Å². The average Bonchev–Trinajstić information content (AvgIpc) is 2.68. The Labute approximate surface area is 60.2 Å². The molecule has 1 aliphatic carbocycles. The van der Waals surface area contributed by atoms with Gasteiger partial charge in [0.2, 0.25) is 0 Å². The normalized spacial score (nSPS) is 32.8. The van der Waals surface area contributed by atoms with Gasteiger partial charge in [0.05, 0.1) is 0 Å². The van der Waals surface area contributed by atoms with Crippen molar-refractivity contribution in [2.24, 2.45) is 5.92 Å². The average molecular weight is 140 g/mol. The molecule has 1 heterocycles. The van der Waals surface area contributed by atoms with Crippen LogP contribution in [-0.4, -0.2) is 18.6 Å². The van der Waals surface area contributed by atoms with Gasteiger partial charge in [-0.25, -0.2) is 4.79 Å². The maximum absolute atomic E-state index is 10.8. The lowest BCUT2D eigenvalue weighted by molar-refractivity contribution is 0.226. The molecule has 56 valence electrons. The summed E-state index contributed by atoms with van der Waals surface area (Å²) >= 11 is 0. The minimum atomic E-state index is 0.0168. The van der Waals surface area contributed by atoms with E-state index in [1.54, 1.807) is 0 Å². The summed E-state index contributed by atoms with van der Waals surface area (Å²) in [5, 5.41) is 5.67.